The lowest BCUT2D eigenvalue weighted by atomic mass is 10.3. The van der Waals surface area contributed by atoms with E-state index in [4.69, 9.17) is 14.6 Å². The molecule has 0 spiro atoms. The maximum Gasteiger partial charge on any atom is 0.272 e. The molecule has 1 rings (SSSR count). The second-order valence-electron chi connectivity index (χ2n) is 3.06. The average molecular weight is 245 g/mol. The quantitative estimate of drug-likeness (QED) is 0.442. The SMILES string of the molecule is O=[N+]([O-])c1ccc(OCCOCCO)c(F)c1. The van der Waals surface area contributed by atoms with Crippen molar-refractivity contribution in [3.8, 4) is 5.75 Å². The Hall–Kier alpha value is -1.73. The van der Waals surface area contributed by atoms with E-state index in [1.165, 1.54) is 6.07 Å². The highest BCUT2D eigenvalue weighted by Gasteiger charge is 2.11. The minimum absolute atomic E-state index is 0.0665. The predicted molar refractivity (Wildman–Crippen MR) is 56.5 cm³/mol. The molecule has 0 unspecified atom stereocenters. The van der Waals surface area contributed by atoms with Gasteiger partial charge in [-0.1, -0.05) is 0 Å². The van der Waals surface area contributed by atoms with Gasteiger partial charge in [0.1, 0.15) is 6.61 Å². The van der Waals surface area contributed by atoms with Gasteiger partial charge in [-0.25, -0.2) is 4.39 Å². The van der Waals surface area contributed by atoms with Crippen molar-refractivity contribution in [2.75, 3.05) is 26.4 Å². The fraction of sp³-hybridized carbons (Fsp3) is 0.400. The van der Waals surface area contributed by atoms with Crippen molar-refractivity contribution >= 4 is 5.69 Å². The molecule has 17 heavy (non-hydrogen) atoms. The lowest BCUT2D eigenvalue weighted by Gasteiger charge is -2.07. The number of non-ortho nitro benzene ring substituents is 1. The Morgan fingerprint density at radius 1 is 1.35 bits per heavy atom. The molecule has 94 valence electrons. The number of ether oxygens (including phenoxy) is 2. The standard InChI is InChI=1S/C10H12FNO5/c11-9-7-8(12(14)15)1-2-10(9)17-6-5-16-4-3-13/h1-2,7,13H,3-6H2. The highest BCUT2D eigenvalue weighted by molar-refractivity contribution is 5.37. The number of aliphatic hydroxyl groups excluding tert-OH is 1. The summed E-state index contributed by atoms with van der Waals surface area (Å²) in [5.74, 6) is -0.857. The summed E-state index contributed by atoms with van der Waals surface area (Å²) in [5.41, 5.74) is -0.327. The highest BCUT2D eigenvalue weighted by atomic mass is 19.1. The smallest absolute Gasteiger partial charge is 0.272 e. The highest BCUT2D eigenvalue weighted by Crippen LogP contribution is 2.22. The molecule has 0 aromatic heterocycles. The van der Waals surface area contributed by atoms with Gasteiger partial charge in [0.15, 0.2) is 11.6 Å². The summed E-state index contributed by atoms with van der Waals surface area (Å²) in [4.78, 5) is 9.67. The summed E-state index contributed by atoms with van der Waals surface area (Å²) in [6, 6.07) is 3.15. The molecule has 0 fully saturated rings. The van der Waals surface area contributed by atoms with Crippen LogP contribution in [0.5, 0.6) is 5.75 Å². The van der Waals surface area contributed by atoms with Crippen LogP contribution in [0, 0.1) is 15.9 Å². The van der Waals surface area contributed by atoms with E-state index in [2.05, 4.69) is 0 Å². The third kappa shape index (κ3) is 4.33. The number of hydrogen-bond donors (Lipinski definition) is 1. The average Bonchev–Trinajstić information content (AvgIpc) is 2.30. The van der Waals surface area contributed by atoms with E-state index >= 15 is 0 Å². The molecule has 1 aromatic rings. The fourth-order valence-corrected chi connectivity index (χ4v) is 1.10. The lowest BCUT2D eigenvalue weighted by Crippen LogP contribution is -2.09. The topological polar surface area (TPSA) is 81.8 Å². The van der Waals surface area contributed by atoms with Crippen molar-refractivity contribution in [1.29, 1.82) is 0 Å². The van der Waals surface area contributed by atoms with Crippen molar-refractivity contribution in [2.24, 2.45) is 0 Å². The molecule has 0 aliphatic rings. The molecule has 0 radical (unpaired) electrons. The zero-order chi connectivity index (χ0) is 12.7. The first kappa shape index (κ1) is 13.3. The van der Waals surface area contributed by atoms with Gasteiger partial charge in [-0.2, -0.15) is 0 Å². The van der Waals surface area contributed by atoms with Gasteiger partial charge in [0.2, 0.25) is 0 Å². The molecule has 0 saturated carbocycles. The van der Waals surface area contributed by atoms with E-state index in [1.54, 1.807) is 0 Å². The molecular weight excluding hydrogens is 233 g/mol. The van der Waals surface area contributed by atoms with Gasteiger partial charge in [0.05, 0.1) is 30.8 Å². The molecule has 0 aliphatic carbocycles. The van der Waals surface area contributed by atoms with Crippen molar-refractivity contribution in [3.63, 3.8) is 0 Å². The van der Waals surface area contributed by atoms with Crippen LogP contribution in [0.4, 0.5) is 10.1 Å². The molecule has 0 saturated heterocycles. The maximum atomic E-state index is 13.3. The number of nitro groups is 1. The largest absolute Gasteiger partial charge is 0.488 e. The normalized spacial score (nSPS) is 10.2. The summed E-state index contributed by atoms with van der Waals surface area (Å²) in [5, 5.41) is 18.8. The van der Waals surface area contributed by atoms with Crippen LogP contribution in [-0.4, -0.2) is 36.5 Å². The first-order chi connectivity index (χ1) is 8.15. The number of halogens is 1. The summed E-state index contributed by atoms with van der Waals surface area (Å²) in [6.07, 6.45) is 0. The molecule has 0 heterocycles. The Kier molecular flexibility index (Phi) is 5.31. The minimum atomic E-state index is -0.790. The van der Waals surface area contributed by atoms with E-state index in [0.29, 0.717) is 0 Å². The van der Waals surface area contributed by atoms with E-state index < -0.39 is 10.7 Å². The van der Waals surface area contributed by atoms with E-state index in [-0.39, 0.29) is 37.9 Å². The predicted octanol–water partition coefficient (Wildman–Crippen LogP) is 1.12. The number of aliphatic hydroxyl groups is 1. The Morgan fingerprint density at radius 2 is 2.12 bits per heavy atom. The third-order valence-electron chi connectivity index (χ3n) is 1.85. The molecular formula is C10H12FNO5. The molecule has 7 heteroatoms. The van der Waals surface area contributed by atoms with Crippen LogP contribution in [0.25, 0.3) is 0 Å². The molecule has 0 aliphatic heterocycles. The van der Waals surface area contributed by atoms with Gasteiger partial charge in [0.25, 0.3) is 5.69 Å². The van der Waals surface area contributed by atoms with Crippen LogP contribution in [0.2, 0.25) is 0 Å². The summed E-state index contributed by atoms with van der Waals surface area (Å²) < 4.78 is 23.2. The van der Waals surface area contributed by atoms with Gasteiger partial charge in [-0.3, -0.25) is 10.1 Å². The van der Waals surface area contributed by atoms with Crippen LogP contribution in [0.3, 0.4) is 0 Å². The Morgan fingerprint density at radius 3 is 2.71 bits per heavy atom. The second-order valence-corrected chi connectivity index (χ2v) is 3.06. The van der Waals surface area contributed by atoms with Crippen molar-refractivity contribution in [3.05, 3.63) is 34.1 Å². The van der Waals surface area contributed by atoms with Crippen LogP contribution in [0.1, 0.15) is 0 Å². The van der Waals surface area contributed by atoms with Crippen LogP contribution in [0.15, 0.2) is 18.2 Å². The number of rotatable bonds is 7. The number of benzene rings is 1. The van der Waals surface area contributed by atoms with Crippen LogP contribution < -0.4 is 4.74 Å². The molecule has 6 nitrogen and oxygen atoms in total. The summed E-state index contributed by atoms with van der Waals surface area (Å²) >= 11 is 0. The van der Waals surface area contributed by atoms with Gasteiger partial charge in [0, 0.05) is 6.07 Å². The molecule has 0 bridgehead atoms. The second kappa shape index (κ2) is 6.77. The molecule has 1 N–H and O–H groups in total. The molecule has 0 amide bonds. The van der Waals surface area contributed by atoms with Crippen LogP contribution >= 0.6 is 0 Å². The summed E-state index contributed by atoms with van der Waals surface area (Å²) in [6.45, 7) is 0.406. The number of nitrogens with zero attached hydrogens (tertiary/aromatic N) is 1. The van der Waals surface area contributed by atoms with Gasteiger partial charge in [-0.05, 0) is 6.07 Å². The van der Waals surface area contributed by atoms with Gasteiger partial charge >= 0.3 is 0 Å². The summed E-state index contributed by atoms with van der Waals surface area (Å²) in [7, 11) is 0. The monoisotopic (exact) mass is 245 g/mol. The van der Waals surface area contributed by atoms with Crippen molar-refractivity contribution in [1.82, 2.24) is 0 Å². The van der Waals surface area contributed by atoms with E-state index in [9.17, 15) is 14.5 Å². The zero-order valence-corrected chi connectivity index (χ0v) is 8.97. The number of hydrogen-bond acceptors (Lipinski definition) is 5. The van der Waals surface area contributed by atoms with Gasteiger partial charge < -0.3 is 14.6 Å². The Balaban J connectivity index is 2.46. The minimum Gasteiger partial charge on any atom is -0.488 e. The zero-order valence-electron chi connectivity index (χ0n) is 8.97. The first-order valence-electron chi connectivity index (χ1n) is 4.90. The van der Waals surface area contributed by atoms with Crippen molar-refractivity contribution < 1.29 is 23.9 Å². The maximum absolute atomic E-state index is 13.3. The van der Waals surface area contributed by atoms with E-state index in [0.717, 1.165) is 12.1 Å². The Labute approximate surface area is 96.7 Å². The first-order valence-corrected chi connectivity index (χ1v) is 4.90. The lowest BCUT2D eigenvalue weighted by molar-refractivity contribution is -0.385. The molecule has 1 aromatic carbocycles. The number of nitro benzene ring substituents is 1. The van der Waals surface area contributed by atoms with Crippen LogP contribution in [-0.2, 0) is 4.74 Å². The third-order valence-corrected chi connectivity index (χ3v) is 1.85. The van der Waals surface area contributed by atoms with Crippen molar-refractivity contribution in [2.45, 2.75) is 0 Å². The molecule has 0 atom stereocenters. The fourth-order valence-electron chi connectivity index (χ4n) is 1.10. The van der Waals surface area contributed by atoms with E-state index in [1.807, 2.05) is 0 Å². The Bertz CT molecular complexity index is 385. The van der Waals surface area contributed by atoms with Gasteiger partial charge in [-0.15, -0.1) is 0 Å².